The van der Waals surface area contributed by atoms with Gasteiger partial charge in [-0.05, 0) is 22.6 Å². The molecule has 0 radical (unpaired) electrons. The molecule has 1 aromatic carbocycles. The molecule has 0 unspecified atom stereocenters. The Morgan fingerprint density at radius 2 is 2.15 bits per heavy atom. The van der Waals surface area contributed by atoms with Gasteiger partial charge in [-0.2, -0.15) is 0 Å². The SMILES string of the molecule is O=C(COC(=O)Cn1cnnn1)Nc1ccccc1F. The predicted molar refractivity (Wildman–Crippen MR) is 63.8 cm³/mol. The fraction of sp³-hybridized carbons (Fsp3) is 0.182. The minimum absolute atomic E-state index is 0.0222. The van der Waals surface area contributed by atoms with Gasteiger partial charge in [-0.1, -0.05) is 12.1 Å². The summed E-state index contributed by atoms with van der Waals surface area (Å²) in [7, 11) is 0. The molecule has 0 fully saturated rings. The van der Waals surface area contributed by atoms with Gasteiger partial charge in [-0.25, -0.2) is 9.07 Å². The average Bonchev–Trinajstić information content (AvgIpc) is 2.92. The summed E-state index contributed by atoms with van der Waals surface area (Å²) in [6.07, 6.45) is 1.24. The quantitative estimate of drug-likeness (QED) is 0.773. The van der Waals surface area contributed by atoms with E-state index < -0.39 is 24.3 Å². The zero-order chi connectivity index (χ0) is 14.4. The number of esters is 1. The van der Waals surface area contributed by atoms with Crippen molar-refractivity contribution in [2.45, 2.75) is 6.54 Å². The van der Waals surface area contributed by atoms with Crippen molar-refractivity contribution in [1.29, 1.82) is 0 Å². The average molecular weight is 279 g/mol. The van der Waals surface area contributed by atoms with Gasteiger partial charge in [0.25, 0.3) is 5.91 Å². The first-order chi connectivity index (χ1) is 9.65. The molecule has 1 amide bonds. The van der Waals surface area contributed by atoms with Crippen LogP contribution in [0, 0.1) is 5.82 Å². The highest BCUT2D eigenvalue weighted by Gasteiger charge is 2.10. The molecule has 0 aliphatic carbocycles. The molecule has 0 bridgehead atoms. The van der Waals surface area contributed by atoms with E-state index in [-0.39, 0.29) is 12.2 Å². The normalized spacial score (nSPS) is 10.1. The number of amides is 1. The van der Waals surface area contributed by atoms with Gasteiger partial charge in [-0.15, -0.1) is 5.10 Å². The summed E-state index contributed by atoms with van der Waals surface area (Å²) in [4.78, 5) is 22.8. The Morgan fingerprint density at radius 3 is 2.85 bits per heavy atom. The zero-order valence-corrected chi connectivity index (χ0v) is 10.2. The lowest BCUT2D eigenvalue weighted by Crippen LogP contribution is -2.23. The van der Waals surface area contributed by atoms with Gasteiger partial charge in [0, 0.05) is 0 Å². The molecule has 0 atom stereocenters. The Bertz CT molecular complexity index is 602. The highest BCUT2D eigenvalue weighted by molar-refractivity contribution is 5.92. The van der Waals surface area contributed by atoms with Crippen LogP contribution in [-0.4, -0.2) is 38.7 Å². The van der Waals surface area contributed by atoms with E-state index in [9.17, 15) is 14.0 Å². The predicted octanol–water partition coefficient (Wildman–Crippen LogP) is -0.00590. The summed E-state index contributed by atoms with van der Waals surface area (Å²) in [5, 5.41) is 12.4. The van der Waals surface area contributed by atoms with Crippen molar-refractivity contribution in [3.05, 3.63) is 36.4 Å². The number of halogens is 1. The number of hydrogen-bond donors (Lipinski definition) is 1. The number of tetrazole rings is 1. The highest BCUT2D eigenvalue weighted by Crippen LogP contribution is 2.11. The number of ether oxygens (including phenoxy) is 1. The number of carbonyl (C=O) groups is 2. The zero-order valence-electron chi connectivity index (χ0n) is 10.2. The number of nitrogens with one attached hydrogen (secondary N) is 1. The molecule has 1 heterocycles. The van der Waals surface area contributed by atoms with Crippen LogP contribution >= 0.6 is 0 Å². The van der Waals surface area contributed by atoms with Crippen LogP contribution in [0.1, 0.15) is 0 Å². The molecule has 1 aromatic heterocycles. The molecule has 1 N–H and O–H groups in total. The first kappa shape index (κ1) is 13.6. The Morgan fingerprint density at radius 1 is 1.35 bits per heavy atom. The third-order valence-electron chi connectivity index (χ3n) is 2.19. The second-order valence-electron chi connectivity index (χ2n) is 3.70. The molecule has 8 nitrogen and oxygen atoms in total. The molecular weight excluding hydrogens is 269 g/mol. The van der Waals surface area contributed by atoms with Crippen LogP contribution in [0.2, 0.25) is 0 Å². The lowest BCUT2D eigenvalue weighted by molar-refractivity contribution is -0.148. The van der Waals surface area contributed by atoms with Crippen molar-refractivity contribution in [1.82, 2.24) is 20.2 Å². The van der Waals surface area contributed by atoms with Gasteiger partial charge >= 0.3 is 5.97 Å². The van der Waals surface area contributed by atoms with E-state index in [1.807, 2.05) is 0 Å². The molecule has 2 aromatic rings. The number of aromatic nitrogens is 4. The minimum atomic E-state index is -0.680. The summed E-state index contributed by atoms with van der Waals surface area (Å²) in [5.41, 5.74) is 0.0222. The van der Waals surface area contributed by atoms with Crippen LogP contribution in [0.15, 0.2) is 30.6 Å². The first-order valence-electron chi connectivity index (χ1n) is 5.56. The minimum Gasteiger partial charge on any atom is -0.454 e. The molecular formula is C11H10FN5O3. The van der Waals surface area contributed by atoms with Crippen LogP contribution in [0.25, 0.3) is 0 Å². The Kier molecular flexibility index (Phi) is 4.32. The fourth-order valence-corrected chi connectivity index (χ4v) is 1.33. The van der Waals surface area contributed by atoms with Crippen molar-refractivity contribution in [3.8, 4) is 0 Å². The lowest BCUT2D eigenvalue weighted by Gasteiger charge is -2.07. The number of benzene rings is 1. The van der Waals surface area contributed by atoms with Crippen LogP contribution < -0.4 is 5.32 Å². The molecule has 0 saturated carbocycles. The number of nitrogens with zero attached hydrogens (tertiary/aromatic N) is 4. The van der Waals surface area contributed by atoms with Crippen molar-refractivity contribution < 1.29 is 18.7 Å². The number of rotatable bonds is 5. The standard InChI is InChI=1S/C11H10FN5O3/c12-8-3-1-2-4-9(8)14-10(18)6-20-11(19)5-17-7-13-15-16-17/h1-4,7H,5-6H2,(H,14,18). The van der Waals surface area contributed by atoms with E-state index in [1.54, 1.807) is 6.07 Å². The molecule has 104 valence electrons. The molecule has 0 aliphatic heterocycles. The van der Waals surface area contributed by atoms with Crippen LogP contribution in [-0.2, 0) is 20.9 Å². The van der Waals surface area contributed by atoms with Crippen LogP contribution in [0.4, 0.5) is 10.1 Å². The number of hydrogen-bond acceptors (Lipinski definition) is 6. The lowest BCUT2D eigenvalue weighted by atomic mass is 10.3. The maximum atomic E-state index is 13.3. The van der Waals surface area contributed by atoms with Crippen molar-refractivity contribution >= 4 is 17.6 Å². The van der Waals surface area contributed by atoms with Crippen LogP contribution in [0.3, 0.4) is 0 Å². The van der Waals surface area contributed by atoms with E-state index in [1.165, 1.54) is 24.5 Å². The monoisotopic (exact) mass is 279 g/mol. The third-order valence-corrected chi connectivity index (χ3v) is 2.19. The van der Waals surface area contributed by atoms with Gasteiger partial charge < -0.3 is 10.1 Å². The van der Waals surface area contributed by atoms with Crippen molar-refractivity contribution in [2.75, 3.05) is 11.9 Å². The molecule has 0 aliphatic rings. The number of para-hydroxylation sites is 1. The third kappa shape index (κ3) is 3.83. The first-order valence-corrected chi connectivity index (χ1v) is 5.56. The van der Waals surface area contributed by atoms with Crippen molar-refractivity contribution in [2.24, 2.45) is 0 Å². The van der Waals surface area contributed by atoms with E-state index in [0.717, 1.165) is 4.68 Å². The summed E-state index contributed by atoms with van der Waals surface area (Å²) < 4.78 is 19.1. The maximum absolute atomic E-state index is 13.3. The van der Waals surface area contributed by atoms with Gasteiger partial charge in [0.15, 0.2) is 6.61 Å². The van der Waals surface area contributed by atoms with Gasteiger partial charge in [-0.3, -0.25) is 9.59 Å². The topological polar surface area (TPSA) is 99.0 Å². The van der Waals surface area contributed by atoms with E-state index >= 15 is 0 Å². The van der Waals surface area contributed by atoms with Crippen LogP contribution in [0.5, 0.6) is 0 Å². The van der Waals surface area contributed by atoms with E-state index in [0.29, 0.717) is 0 Å². The Hall–Kier alpha value is -2.84. The van der Waals surface area contributed by atoms with Gasteiger partial charge in [0.2, 0.25) is 0 Å². The molecule has 9 heteroatoms. The summed E-state index contributed by atoms with van der Waals surface area (Å²) in [6.45, 7) is -0.727. The summed E-state index contributed by atoms with van der Waals surface area (Å²) in [5.74, 6) is -1.89. The highest BCUT2D eigenvalue weighted by atomic mass is 19.1. The summed E-state index contributed by atoms with van der Waals surface area (Å²) in [6, 6.07) is 5.68. The summed E-state index contributed by atoms with van der Waals surface area (Å²) >= 11 is 0. The Balaban J connectivity index is 1.78. The van der Waals surface area contributed by atoms with E-state index in [2.05, 4.69) is 20.8 Å². The smallest absolute Gasteiger partial charge is 0.328 e. The van der Waals surface area contributed by atoms with E-state index in [4.69, 9.17) is 4.74 Å². The molecule has 0 saturated heterocycles. The fourth-order valence-electron chi connectivity index (χ4n) is 1.33. The Labute approximate surface area is 112 Å². The maximum Gasteiger partial charge on any atom is 0.328 e. The molecule has 20 heavy (non-hydrogen) atoms. The molecule has 2 rings (SSSR count). The second-order valence-corrected chi connectivity index (χ2v) is 3.70. The van der Waals surface area contributed by atoms with Gasteiger partial charge in [0.1, 0.15) is 18.7 Å². The van der Waals surface area contributed by atoms with Crippen molar-refractivity contribution in [3.63, 3.8) is 0 Å². The van der Waals surface area contributed by atoms with Gasteiger partial charge in [0.05, 0.1) is 5.69 Å². The second kappa shape index (κ2) is 6.36. The largest absolute Gasteiger partial charge is 0.454 e. The number of anilines is 1. The number of carbonyl (C=O) groups excluding carboxylic acids is 2. The molecule has 0 spiro atoms.